The number of rotatable bonds is 5. The van der Waals surface area contributed by atoms with Gasteiger partial charge in [-0.3, -0.25) is 4.79 Å². The third-order valence-electron chi connectivity index (χ3n) is 4.65. The van der Waals surface area contributed by atoms with E-state index in [0.717, 1.165) is 42.8 Å². The van der Waals surface area contributed by atoms with E-state index in [4.69, 9.17) is 4.74 Å². The summed E-state index contributed by atoms with van der Waals surface area (Å²) in [5, 5.41) is 0. The normalized spacial score (nSPS) is 17.1. The van der Waals surface area contributed by atoms with Gasteiger partial charge in [-0.25, -0.2) is 0 Å². The quantitative estimate of drug-likeness (QED) is 0.824. The Balaban J connectivity index is 1.47. The van der Waals surface area contributed by atoms with Crippen molar-refractivity contribution in [2.75, 3.05) is 19.7 Å². The highest BCUT2D eigenvalue weighted by Crippen LogP contribution is 2.22. The van der Waals surface area contributed by atoms with Gasteiger partial charge in [-0.05, 0) is 56.9 Å². The SMILES string of the molecule is Cc1ccc(OCCC2CCN(C(=O)c3cccc(C)c3)C2)cc1. The standard InChI is InChI=1S/C21H25NO2/c1-16-6-8-20(9-7-16)24-13-11-18-10-12-22(15-18)21(23)19-5-3-4-17(2)14-19/h3-9,14,18H,10-13,15H2,1-2H3. The molecular formula is C21H25NO2. The average Bonchev–Trinajstić information content (AvgIpc) is 3.05. The molecule has 126 valence electrons. The molecule has 0 N–H and O–H groups in total. The molecule has 0 spiro atoms. The van der Waals surface area contributed by atoms with Gasteiger partial charge in [0.25, 0.3) is 5.91 Å². The summed E-state index contributed by atoms with van der Waals surface area (Å²) >= 11 is 0. The lowest BCUT2D eigenvalue weighted by molar-refractivity contribution is 0.0785. The second-order valence-electron chi connectivity index (χ2n) is 6.73. The van der Waals surface area contributed by atoms with Crippen molar-refractivity contribution in [3.05, 3.63) is 65.2 Å². The Morgan fingerprint density at radius 2 is 1.92 bits per heavy atom. The lowest BCUT2D eigenvalue weighted by Gasteiger charge is -2.17. The van der Waals surface area contributed by atoms with Crippen molar-refractivity contribution in [2.24, 2.45) is 5.92 Å². The van der Waals surface area contributed by atoms with Gasteiger partial charge in [0.05, 0.1) is 6.61 Å². The van der Waals surface area contributed by atoms with Crippen LogP contribution in [0.2, 0.25) is 0 Å². The molecule has 0 bridgehead atoms. The molecule has 2 aromatic carbocycles. The summed E-state index contributed by atoms with van der Waals surface area (Å²) in [6, 6.07) is 16.0. The second-order valence-corrected chi connectivity index (χ2v) is 6.73. The maximum atomic E-state index is 12.6. The Morgan fingerprint density at radius 1 is 1.12 bits per heavy atom. The molecule has 1 saturated heterocycles. The number of hydrogen-bond acceptors (Lipinski definition) is 2. The summed E-state index contributed by atoms with van der Waals surface area (Å²) in [6.07, 6.45) is 2.06. The van der Waals surface area contributed by atoms with E-state index in [9.17, 15) is 4.79 Å². The summed E-state index contributed by atoms with van der Waals surface area (Å²) in [7, 11) is 0. The Kier molecular flexibility index (Phi) is 5.19. The Labute approximate surface area is 144 Å². The average molecular weight is 323 g/mol. The van der Waals surface area contributed by atoms with Crippen molar-refractivity contribution in [3.8, 4) is 5.75 Å². The molecule has 0 aliphatic carbocycles. The molecule has 0 radical (unpaired) electrons. The largest absolute Gasteiger partial charge is 0.494 e. The highest BCUT2D eigenvalue weighted by atomic mass is 16.5. The summed E-state index contributed by atoms with van der Waals surface area (Å²) in [5.41, 5.74) is 3.16. The molecule has 3 nitrogen and oxygen atoms in total. The monoisotopic (exact) mass is 323 g/mol. The molecule has 1 heterocycles. The molecule has 1 unspecified atom stereocenters. The first-order valence-corrected chi connectivity index (χ1v) is 8.67. The fourth-order valence-electron chi connectivity index (χ4n) is 3.19. The van der Waals surface area contributed by atoms with Crippen LogP contribution in [0.5, 0.6) is 5.75 Å². The molecule has 0 aromatic heterocycles. The topological polar surface area (TPSA) is 29.5 Å². The van der Waals surface area contributed by atoms with Gasteiger partial charge in [0.2, 0.25) is 0 Å². The fourth-order valence-corrected chi connectivity index (χ4v) is 3.19. The number of amides is 1. The van der Waals surface area contributed by atoms with Gasteiger partial charge in [-0.1, -0.05) is 35.4 Å². The van der Waals surface area contributed by atoms with Gasteiger partial charge in [-0.2, -0.15) is 0 Å². The maximum absolute atomic E-state index is 12.6. The van der Waals surface area contributed by atoms with Crippen LogP contribution >= 0.6 is 0 Å². The van der Waals surface area contributed by atoms with Crippen LogP contribution in [0.3, 0.4) is 0 Å². The van der Waals surface area contributed by atoms with Gasteiger partial charge < -0.3 is 9.64 Å². The third-order valence-corrected chi connectivity index (χ3v) is 4.65. The predicted molar refractivity (Wildman–Crippen MR) is 96.5 cm³/mol. The van der Waals surface area contributed by atoms with E-state index in [2.05, 4.69) is 19.1 Å². The molecule has 24 heavy (non-hydrogen) atoms. The first-order valence-electron chi connectivity index (χ1n) is 8.67. The highest BCUT2D eigenvalue weighted by Gasteiger charge is 2.26. The minimum atomic E-state index is 0.153. The zero-order valence-corrected chi connectivity index (χ0v) is 14.5. The van der Waals surface area contributed by atoms with Crippen LogP contribution in [0, 0.1) is 19.8 Å². The molecule has 3 heteroatoms. The number of ether oxygens (including phenoxy) is 1. The van der Waals surface area contributed by atoms with Gasteiger partial charge in [-0.15, -0.1) is 0 Å². The van der Waals surface area contributed by atoms with E-state index in [1.807, 2.05) is 48.2 Å². The highest BCUT2D eigenvalue weighted by molar-refractivity contribution is 5.94. The Hall–Kier alpha value is -2.29. The lowest BCUT2D eigenvalue weighted by Crippen LogP contribution is -2.28. The van der Waals surface area contributed by atoms with Crippen LogP contribution in [-0.2, 0) is 0 Å². The number of nitrogens with zero attached hydrogens (tertiary/aromatic N) is 1. The van der Waals surface area contributed by atoms with Crippen molar-refractivity contribution in [1.29, 1.82) is 0 Å². The number of benzene rings is 2. The van der Waals surface area contributed by atoms with E-state index in [-0.39, 0.29) is 5.91 Å². The van der Waals surface area contributed by atoms with E-state index in [1.165, 1.54) is 5.56 Å². The predicted octanol–water partition coefficient (Wildman–Crippen LogP) is 4.23. The molecule has 1 aliphatic heterocycles. The van der Waals surface area contributed by atoms with Crippen molar-refractivity contribution in [1.82, 2.24) is 4.90 Å². The number of hydrogen-bond donors (Lipinski definition) is 0. The summed E-state index contributed by atoms with van der Waals surface area (Å²) < 4.78 is 5.82. The molecular weight excluding hydrogens is 298 g/mol. The van der Waals surface area contributed by atoms with Crippen molar-refractivity contribution in [2.45, 2.75) is 26.7 Å². The summed E-state index contributed by atoms with van der Waals surface area (Å²) in [6.45, 7) is 6.49. The zero-order valence-electron chi connectivity index (χ0n) is 14.5. The summed E-state index contributed by atoms with van der Waals surface area (Å²) in [4.78, 5) is 14.5. The van der Waals surface area contributed by atoms with Crippen LogP contribution in [0.25, 0.3) is 0 Å². The van der Waals surface area contributed by atoms with Crippen LogP contribution in [0.1, 0.15) is 34.3 Å². The maximum Gasteiger partial charge on any atom is 0.253 e. The van der Waals surface area contributed by atoms with E-state index < -0.39 is 0 Å². The first-order chi connectivity index (χ1) is 11.6. The zero-order chi connectivity index (χ0) is 16.9. The molecule has 1 atom stereocenters. The minimum Gasteiger partial charge on any atom is -0.494 e. The molecule has 3 rings (SSSR count). The fraction of sp³-hybridized carbons (Fsp3) is 0.381. The lowest BCUT2D eigenvalue weighted by atomic mass is 10.1. The Bertz CT molecular complexity index is 693. The van der Waals surface area contributed by atoms with Crippen LogP contribution in [-0.4, -0.2) is 30.5 Å². The Morgan fingerprint density at radius 3 is 2.67 bits per heavy atom. The van der Waals surface area contributed by atoms with E-state index >= 15 is 0 Å². The van der Waals surface area contributed by atoms with Gasteiger partial charge in [0.15, 0.2) is 0 Å². The smallest absolute Gasteiger partial charge is 0.253 e. The number of aryl methyl sites for hydroxylation is 2. The van der Waals surface area contributed by atoms with Crippen molar-refractivity contribution < 1.29 is 9.53 Å². The van der Waals surface area contributed by atoms with Crippen molar-refractivity contribution >= 4 is 5.91 Å². The van der Waals surface area contributed by atoms with Crippen LogP contribution in [0.15, 0.2) is 48.5 Å². The van der Waals surface area contributed by atoms with Crippen LogP contribution in [0.4, 0.5) is 0 Å². The first kappa shape index (κ1) is 16.6. The molecule has 1 aliphatic rings. The second kappa shape index (κ2) is 7.52. The van der Waals surface area contributed by atoms with E-state index in [0.29, 0.717) is 12.5 Å². The third kappa shape index (κ3) is 4.16. The number of carbonyl (C=O) groups excluding carboxylic acids is 1. The summed E-state index contributed by atoms with van der Waals surface area (Å²) in [5.74, 6) is 1.61. The number of carbonyl (C=O) groups is 1. The van der Waals surface area contributed by atoms with Crippen LogP contribution < -0.4 is 4.74 Å². The minimum absolute atomic E-state index is 0.153. The number of likely N-dealkylation sites (tertiary alicyclic amines) is 1. The molecule has 0 saturated carbocycles. The molecule has 1 amide bonds. The van der Waals surface area contributed by atoms with Gasteiger partial charge in [0, 0.05) is 18.7 Å². The van der Waals surface area contributed by atoms with E-state index in [1.54, 1.807) is 0 Å². The molecule has 2 aromatic rings. The van der Waals surface area contributed by atoms with Gasteiger partial charge in [0.1, 0.15) is 5.75 Å². The molecule has 1 fully saturated rings. The van der Waals surface area contributed by atoms with Gasteiger partial charge >= 0.3 is 0 Å². The van der Waals surface area contributed by atoms with Crippen molar-refractivity contribution in [3.63, 3.8) is 0 Å².